The minimum atomic E-state index is -0.448. The number of nitrogens with zero attached hydrogens (tertiary/aromatic N) is 29. The van der Waals surface area contributed by atoms with Crippen LogP contribution in [0.5, 0.6) is 0 Å². The molecular formula is C82H73Cl5FN33O. The third-order valence-electron chi connectivity index (χ3n) is 20.2. The van der Waals surface area contributed by atoms with Crippen molar-refractivity contribution in [2.45, 2.75) is 6.92 Å². The SMILES string of the molecule is CN1CCN(c2cc(Nc3cc4c(cn3)cnn4-c3c(Cl)cccc3C#N)ncn2)CC1.CN1CCN(c2cc(Nc3cc4c(cn3)cnn4-c3c(F)cccc3Cl)ncn2)CC1.Cc1cc(Nc2cc3c(cn2)cnn3-c2c(Cl)cncc2Cl)ncn1.N#Cc1cccc(Cl)c1-n1ncc2cnc(Nc3cc(N4CCN(CCO)CC4)ncn3)cc21. The third kappa shape index (κ3) is 18.7. The second-order valence-electron chi connectivity index (χ2n) is 28.2. The van der Waals surface area contributed by atoms with E-state index in [0.717, 1.165) is 140 Å². The number of rotatable bonds is 17. The molecule has 5 N–H and O–H groups in total. The van der Waals surface area contributed by atoms with Crippen molar-refractivity contribution in [3.05, 3.63) is 238 Å². The zero-order valence-corrected chi connectivity index (χ0v) is 69.3. The lowest BCUT2D eigenvalue weighted by Crippen LogP contribution is -2.47. The number of β-amino-alcohol motifs (C(OH)–C–C–N with tert-alkyl or cyclic N) is 1. The first kappa shape index (κ1) is 82.1. The van der Waals surface area contributed by atoms with Crippen LogP contribution < -0.4 is 36.0 Å². The molecule has 40 heteroatoms. The fourth-order valence-electron chi connectivity index (χ4n) is 13.8. The Hall–Kier alpha value is -13.6. The van der Waals surface area contributed by atoms with Gasteiger partial charge in [-0.05, 0) is 57.4 Å². The highest BCUT2D eigenvalue weighted by Crippen LogP contribution is 2.35. The van der Waals surface area contributed by atoms with Crippen LogP contribution in [0.3, 0.4) is 0 Å². The minimum absolute atomic E-state index is 0.173. The second-order valence-corrected chi connectivity index (χ2v) is 30.3. The summed E-state index contributed by atoms with van der Waals surface area (Å²) in [5.74, 6) is 7.07. The van der Waals surface area contributed by atoms with E-state index < -0.39 is 5.82 Å². The number of fused-ring (bicyclic) bond motifs is 4. The van der Waals surface area contributed by atoms with Gasteiger partial charge in [0.2, 0.25) is 0 Å². The van der Waals surface area contributed by atoms with Crippen LogP contribution in [0.1, 0.15) is 16.8 Å². The van der Waals surface area contributed by atoms with Gasteiger partial charge >= 0.3 is 0 Å². The van der Waals surface area contributed by atoms with Gasteiger partial charge in [-0.25, -0.2) is 82.9 Å². The summed E-state index contributed by atoms with van der Waals surface area (Å²) in [4.78, 5) is 69.8. The van der Waals surface area contributed by atoms with Gasteiger partial charge in [-0.1, -0.05) is 76.2 Å². The van der Waals surface area contributed by atoms with Gasteiger partial charge in [0, 0.05) is 198 Å². The molecule has 0 amide bonds. The van der Waals surface area contributed by atoms with Crippen molar-refractivity contribution in [3.63, 3.8) is 0 Å². The number of piperazine rings is 3. The van der Waals surface area contributed by atoms with Gasteiger partial charge in [0.1, 0.15) is 130 Å². The maximum Gasteiger partial charge on any atom is 0.150 e. The molecule has 16 heterocycles. The first-order valence-corrected chi connectivity index (χ1v) is 40.1. The van der Waals surface area contributed by atoms with Crippen LogP contribution in [0.15, 0.2) is 190 Å². The van der Waals surface area contributed by atoms with Gasteiger partial charge in [-0.3, -0.25) is 9.88 Å². The van der Waals surface area contributed by atoms with Crippen molar-refractivity contribution < 1.29 is 9.50 Å². The summed E-state index contributed by atoms with van der Waals surface area (Å²) in [7, 11) is 4.24. The van der Waals surface area contributed by atoms with Crippen LogP contribution >= 0.6 is 58.0 Å². The molecule has 3 aliphatic rings. The predicted octanol–water partition coefficient (Wildman–Crippen LogP) is 13.3. The molecule has 122 heavy (non-hydrogen) atoms. The molecule has 0 unspecified atom stereocenters. The Morgan fingerprint density at radius 3 is 1.06 bits per heavy atom. The summed E-state index contributed by atoms with van der Waals surface area (Å²) in [6, 6.07) is 34.2. The number of anilines is 11. The zero-order chi connectivity index (χ0) is 84.3. The van der Waals surface area contributed by atoms with Crippen LogP contribution in [0.25, 0.3) is 66.4 Å². The Kier molecular flexibility index (Phi) is 25.2. The number of para-hydroxylation sites is 3. The highest BCUT2D eigenvalue weighted by Gasteiger charge is 2.24. The van der Waals surface area contributed by atoms with Crippen LogP contribution in [-0.4, -0.2) is 230 Å². The van der Waals surface area contributed by atoms with E-state index in [1.165, 1.54) is 42.1 Å². The van der Waals surface area contributed by atoms with E-state index in [4.69, 9.17) is 63.1 Å². The number of hydrogen-bond donors (Lipinski definition) is 5. The molecule has 16 aromatic rings. The number of aromatic nitrogens is 21. The first-order valence-electron chi connectivity index (χ1n) is 38.2. The zero-order valence-electron chi connectivity index (χ0n) is 65.5. The van der Waals surface area contributed by atoms with Gasteiger partial charge in [-0.2, -0.15) is 30.9 Å². The Balaban J connectivity index is 0.000000121. The number of halogens is 6. The average Bonchev–Trinajstić information content (AvgIpc) is 1.65. The number of hydrogen-bond acceptors (Lipinski definition) is 30. The number of aryl methyl sites for hydroxylation is 1. The van der Waals surface area contributed by atoms with E-state index in [1.54, 1.807) is 125 Å². The molecule has 3 aliphatic heterocycles. The summed E-state index contributed by atoms with van der Waals surface area (Å²) in [5.41, 5.74) is 6.61. The molecule has 0 aliphatic carbocycles. The molecule has 0 saturated carbocycles. The molecule has 0 bridgehead atoms. The van der Waals surface area contributed by atoms with Gasteiger partial charge in [-0.15, -0.1) is 0 Å². The van der Waals surface area contributed by atoms with Crippen molar-refractivity contribution in [2.24, 2.45) is 0 Å². The van der Waals surface area contributed by atoms with E-state index in [0.29, 0.717) is 107 Å². The van der Waals surface area contributed by atoms with Crippen LogP contribution in [-0.2, 0) is 0 Å². The number of aliphatic hydroxyl groups excluding tert-OH is 1. The fraction of sp³-hybridized carbons (Fsp3) is 0.207. The van der Waals surface area contributed by atoms with E-state index in [9.17, 15) is 14.9 Å². The molecule has 0 spiro atoms. The molecule has 19 rings (SSSR count). The summed E-state index contributed by atoms with van der Waals surface area (Å²) in [5, 5.41) is 63.9. The summed E-state index contributed by atoms with van der Waals surface area (Å²) >= 11 is 31.5. The number of nitriles is 2. The number of pyridine rings is 5. The fourth-order valence-corrected chi connectivity index (χ4v) is 15.1. The largest absolute Gasteiger partial charge is 0.395 e. The smallest absolute Gasteiger partial charge is 0.150 e. The van der Waals surface area contributed by atoms with Gasteiger partial charge in [0.25, 0.3) is 0 Å². The Morgan fingerprint density at radius 2 is 0.697 bits per heavy atom. The summed E-state index contributed by atoms with van der Waals surface area (Å²) < 4.78 is 20.9. The lowest BCUT2D eigenvalue weighted by atomic mass is 10.2. The maximum atomic E-state index is 14.4. The topological polar surface area (TPSA) is 374 Å². The average molecular weight is 1730 g/mol. The standard InChI is InChI=1S/C23H22ClN9O.C22H20ClN9.C21H20ClFN8.C16H11Cl2N7/c24-18-3-1-2-16(12-25)23(18)33-19-10-20(26-13-17(19)14-29-33)30-21-11-22(28-15-27-21)32-6-4-31(5-7-32)8-9-34;1-30-5-7-31(8-6-30)21-10-20(26-14-27-21)29-19-9-18-16(12-25-19)13-28-32(18)22-15(11-24)3-2-4-17(22)23;1-29-5-7-30(8-6-29)20-10-19(25-13-26-20)28-18-9-17-14(11-24-18)12-27-31(17)21-15(22)3-2-4-16(21)23;1-9-2-14(22-8-21-9)24-15-3-13-10(4-20-15)5-23-25(13)16-11(17)6-19-7-12(16)18/h1-3,10-11,13-15,34H,4-9H2,(H,26,27,28,30);2-4,9-10,12-14H,5-8H2,1H3,(H,25,26,27,29);2-4,9-13H,5-8H2,1H3,(H,24,25,26,28);2-8H,1H3,(H,20,21,22,24). The number of nitrogens with one attached hydrogen (secondary N) is 4. The van der Waals surface area contributed by atoms with E-state index in [1.807, 2.05) is 49.4 Å². The van der Waals surface area contributed by atoms with E-state index in [2.05, 4.69) is 162 Å². The summed E-state index contributed by atoms with van der Waals surface area (Å²) in [6.45, 7) is 13.9. The molecule has 13 aromatic heterocycles. The monoisotopic (exact) mass is 1730 g/mol. The Bertz CT molecular complexity index is 6510. The number of aliphatic hydroxyl groups is 1. The maximum absolute atomic E-state index is 14.4. The summed E-state index contributed by atoms with van der Waals surface area (Å²) in [6.07, 6.45) is 22.7. The molecular weight excluding hydrogens is 1660 g/mol. The van der Waals surface area contributed by atoms with Gasteiger partial charge in [0.05, 0.1) is 89.7 Å². The normalized spacial score (nSPS) is 13.8. The molecule has 3 saturated heterocycles. The third-order valence-corrected chi connectivity index (χ3v) is 21.7. The van der Waals surface area contributed by atoms with Crippen molar-refractivity contribution >= 4 is 166 Å². The highest BCUT2D eigenvalue weighted by molar-refractivity contribution is 6.37. The lowest BCUT2D eigenvalue weighted by molar-refractivity contribution is 0.188. The van der Waals surface area contributed by atoms with Crippen LogP contribution in [0.4, 0.5) is 68.4 Å². The van der Waals surface area contributed by atoms with Crippen molar-refractivity contribution in [1.29, 1.82) is 10.5 Å². The van der Waals surface area contributed by atoms with Gasteiger partial charge < -0.3 is 50.9 Å². The van der Waals surface area contributed by atoms with Crippen molar-refractivity contribution in [2.75, 3.05) is 142 Å². The molecule has 34 nitrogen and oxygen atoms in total. The van der Waals surface area contributed by atoms with Crippen LogP contribution in [0.2, 0.25) is 25.1 Å². The number of benzene rings is 3. The Labute approximate surface area is 721 Å². The molecule has 614 valence electrons. The highest BCUT2D eigenvalue weighted by atomic mass is 35.5. The minimum Gasteiger partial charge on any atom is -0.395 e. The predicted molar refractivity (Wildman–Crippen MR) is 469 cm³/mol. The van der Waals surface area contributed by atoms with Gasteiger partial charge in [0.15, 0.2) is 0 Å². The first-order chi connectivity index (χ1) is 59.5. The quantitative estimate of drug-likeness (QED) is 0.0565. The van der Waals surface area contributed by atoms with Crippen LogP contribution in [0, 0.1) is 35.4 Å². The van der Waals surface area contributed by atoms with E-state index in [-0.39, 0.29) is 17.3 Å². The molecule has 3 aromatic carbocycles. The van der Waals surface area contributed by atoms with E-state index >= 15 is 0 Å². The lowest BCUT2D eigenvalue weighted by Gasteiger charge is -2.35. The Morgan fingerprint density at radius 1 is 0.369 bits per heavy atom. The van der Waals surface area contributed by atoms with Crippen molar-refractivity contribution in [3.8, 4) is 34.9 Å². The molecule has 3 fully saturated rings. The van der Waals surface area contributed by atoms with Crippen molar-refractivity contribution in [1.82, 2.24) is 119 Å². The molecule has 0 radical (unpaired) electrons. The number of likely N-dealkylation sites (N-methyl/N-ethyl adjacent to an activating group) is 2. The second kappa shape index (κ2) is 37.4. The molecule has 0 atom stereocenters.